The van der Waals surface area contributed by atoms with Crippen LogP contribution in [-0.2, 0) is 24.5 Å². The fourth-order valence-electron chi connectivity index (χ4n) is 6.76. The van der Waals surface area contributed by atoms with E-state index in [0.29, 0.717) is 50.5 Å². The predicted octanol–water partition coefficient (Wildman–Crippen LogP) is 3.89. The molecule has 0 aromatic heterocycles. The number of benzene rings is 2. The second-order valence-electron chi connectivity index (χ2n) is 13.1. The Morgan fingerprint density at radius 1 is 1.07 bits per heavy atom. The maximum absolute atomic E-state index is 14.2. The van der Waals surface area contributed by atoms with Crippen LogP contribution in [-0.4, -0.2) is 80.7 Å². The molecule has 9 nitrogen and oxygen atoms in total. The molecule has 2 aromatic rings. The van der Waals surface area contributed by atoms with Gasteiger partial charge in [0.15, 0.2) is 5.60 Å². The van der Waals surface area contributed by atoms with Crippen LogP contribution in [0.4, 0.5) is 11.4 Å². The lowest BCUT2D eigenvalue weighted by Gasteiger charge is -2.40. The highest BCUT2D eigenvalue weighted by molar-refractivity contribution is 6.04. The summed E-state index contributed by atoms with van der Waals surface area (Å²) < 4.78 is 11.4. The lowest BCUT2D eigenvalue weighted by atomic mass is 9.90. The molecule has 2 aromatic carbocycles. The molecule has 2 aliphatic carbocycles. The summed E-state index contributed by atoms with van der Waals surface area (Å²) in [5.41, 5.74) is 1.15. The summed E-state index contributed by atoms with van der Waals surface area (Å²) in [6.07, 6.45) is 4.94. The third-order valence-corrected chi connectivity index (χ3v) is 9.55. The van der Waals surface area contributed by atoms with Gasteiger partial charge in [-0.1, -0.05) is 30.3 Å². The molecule has 2 atom stereocenters. The Kier molecular flexibility index (Phi) is 7.98. The zero-order chi connectivity index (χ0) is 30.4. The Morgan fingerprint density at radius 2 is 1.81 bits per heavy atom. The van der Waals surface area contributed by atoms with Crippen LogP contribution in [0, 0.1) is 5.92 Å². The summed E-state index contributed by atoms with van der Waals surface area (Å²) in [5, 5.41) is 3.45. The van der Waals surface area contributed by atoms with Crippen LogP contribution in [0.25, 0.3) is 0 Å². The summed E-state index contributed by atoms with van der Waals surface area (Å²) in [5.74, 6) is 0.495. The van der Waals surface area contributed by atoms with Crippen LogP contribution in [0.3, 0.4) is 0 Å². The maximum Gasteiger partial charge on any atom is 0.270 e. The Bertz CT molecular complexity index is 1370. The van der Waals surface area contributed by atoms with E-state index in [9.17, 15) is 14.4 Å². The highest BCUT2D eigenvalue weighted by atomic mass is 16.5. The number of anilines is 2. The van der Waals surface area contributed by atoms with Gasteiger partial charge < -0.3 is 29.5 Å². The van der Waals surface area contributed by atoms with Crippen molar-refractivity contribution in [2.75, 3.05) is 50.2 Å². The molecule has 3 fully saturated rings. The van der Waals surface area contributed by atoms with Crippen molar-refractivity contribution in [2.24, 2.45) is 5.92 Å². The number of methoxy groups -OCH3 is 1. The fourth-order valence-corrected chi connectivity index (χ4v) is 6.76. The first-order valence-corrected chi connectivity index (χ1v) is 15.7. The molecular formula is C34H44N4O5. The van der Waals surface area contributed by atoms with Crippen LogP contribution in [0.5, 0.6) is 5.75 Å². The molecule has 0 bridgehead atoms. The molecule has 6 rings (SSSR count). The number of hydrogen-bond donors (Lipinski definition) is 1. The first-order chi connectivity index (χ1) is 20.7. The Morgan fingerprint density at radius 3 is 2.49 bits per heavy atom. The van der Waals surface area contributed by atoms with Gasteiger partial charge in [0.1, 0.15) is 5.75 Å². The Balaban J connectivity index is 1.21. The van der Waals surface area contributed by atoms with Crippen molar-refractivity contribution < 1.29 is 23.9 Å². The normalized spacial score (nSPS) is 23.6. The number of fused-ring (bicyclic) bond motifs is 1. The molecule has 2 aliphatic heterocycles. The standard InChI is InChI=1S/C34H44N4O5/c1-33(2)31(40)37(17-8-18-42-4)28-20-26(13-14-29(28)43-33)38(25-11-12-25)30(39)23-19-27(22-35-21-23)36(3)32(41)34(15-16-34)24-9-6-5-7-10-24/h5-7,9-10,13-14,20,23,25,27,35H,8,11-12,15-19,21-22H2,1-4H3/t23-,27+/m1/s1. The molecule has 4 aliphatic rings. The first-order valence-electron chi connectivity index (χ1n) is 15.7. The number of piperidine rings is 1. The average molecular weight is 589 g/mol. The maximum atomic E-state index is 14.2. The van der Waals surface area contributed by atoms with Crippen molar-refractivity contribution in [3.8, 4) is 5.75 Å². The largest absolute Gasteiger partial charge is 0.476 e. The van der Waals surface area contributed by atoms with Gasteiger partial charge in [-0.3, -0.25) is 14.4 Å². The van der Waals surface area contributed by atoms with E-state index in [1.807, 2.05) is 53.2 Å². The minimum atomic E-state index is -0.973. The highest BCUT2D eigenvalue weighted by Gasteiger charge is 2.53. The van der Waals surface area contributed by atoms with Gasteiger partial charge in [-0.05, 0) is 76.1 Å². The smallest absolute Gasteiger partial charge is 0.270 e. The summed E-state index contributed by atoms with van der Waals surface area (Å²) >= 11 is 0. The van der Waals surface area contributed by atoms with E-state index in [-0.39, 0.29) is 35.7 Å². The van der Waals surface area contributed by atoms with Crippen molar-refractivity contribution in [1.82, 2.24) is 10.2 Å². The zero-order valence-electron chi connectivity index (χ0n) is 25.8. The Labute approximate surface area is 254 Å². The van der Waals surface area contributed by atoms with Gasteiger partial charge in [0.05, 0.1) is 17.0 Å². The monoisotopic (exact) mass is 588 g/mol. The number of nitrogens with one attached hydrogen (secondary N) is 1. The SMILES string of the molecule is COCCCN1C(=O)C(C)(C)Oc2ccc(N(C(=O)[C@H]3CNC[C@@H](N(C)C(=O)C4(c5ccccc5)CC4)C3)C3CC3)cc21. The van der Waals surface area contributed by atoms with E-state index in [0.717, 1.165) is 36.9 Å². The zero-order valence-corrected chi connectivity index (χ0v) is 25.8. The number of rotatable bonds is 10. The van der Waals surface area contributed by atoms with Gasteiger partial charge in [0, 0.05) is 58.2 Å². The second-order valence-corrected chi connectivity index (χ2v) is 13.1. The number of nitrogens with zero attached hydrogens (tertiary/aromatic N) is 3. The van der Waals surface area contributed by atoms with Crippen LogP contribution < -0.4 is 19.9 Å². The Hall–Kier alpha value is -3.43. The summed E-state index contributed by atoms with van der Waals surface area (Å²) in [7, 11) is 3.55. The molecule has 230 valence electrons. The molecule has 1 saturated heterocycles. The number of carbonyl (C=O) groups is 3. The number of carbonyl (C=O) groups excluding carboxylic acids is 3. The van der Waals surface area contributed by atoms with Gasteiger partial charge in [0.25, 0.3) is 5.91 Å². The number of likely N-dealkylation sites (N-methyl/N-ethyl adjacent to an activating group) is 1. The van der Waals surface area contributed by atoms with Crippen molar-refractivity contribution in [2.45, 2.75) is 75.5 Å². The van der Waals surface area contributed by atoms with E-state index < -0.39 is 11.0 Å². The summed E-state index contributed by atoms with van der Waals surface area (Å²) in [6.45, 7) is 5.88. The van der Waals surface area contributed by atoms with Gasteiger partial charge in [0.2, 0.25) is 11.8 Å². The molecule has 0 spiro atoms. The van der Waals surface area contributed by atoms with E-state index in [1.54, 1.807) is 25.9 Å². The third kappa shape index (κ3) is 5.65. The molecule has 0 radical (unpaired) electrons. The quantitative estimate of drug-likeness (QED) is 0.424. The lowest BCUT2D eigenvalue weighted by Crippen LogP contribution is -2.55. The fraction of sp³-hybridized carbons (Fsp3) is 0.559. The molecule has 2 saturated carbocycles. The molecule has 1 N–H and O–H groups in total. The highest BCUT2D eigenvalue weighted by Crippen LogP contribution is 2.50. The molecule has 3 amide bonds. The van der Waals surface area contributed by atoms with Crippen molar-refractivity contribution in [3.63, 3.8) is 0 Å². The predicted molar refractivity (Wildman–Crippen MR) is 165 cm³/mol. The molecule has 9 heteroatoms. The summed E-state index contributed by atoms with van der Waals surface area (Å²) in [4.78, 5) is 47.0. The average Bonchev–Trinajstić information content (AvgIpc) is 3.95. The minimum absolute atomic E-state index is 0.0643. The molecule has 0 unspecified atom stereocenters. The van der Waals surface area contributed by atoms with Crippen LogP contribution in [0.2, 0.25) is 0 Å². The van der Waals surface area contributed by atoms with E-state index in [1.165, 1.54) is 0 Å². The van der Waals surface area contributed by atoms with Crippen molar-refractivity contribution >= 4 is 29.1 Å². The first kappa shape index (κ1) is 29.6. The number of hydrogen-bond acceptors (Lipinski definition) is 6. The van der Waals surface area contributed by atoms with Crippen molar-refractivity contribution in [3.05, 3.63) is 54.1 Å². The van der Waals surface area contributed by atoms with E-state index in [4.69, 9.17) is 9.47 Å². The van der Waals surface area contributed by atoms with Crippen LogP contribution >= 0.6 is 0 Å². The topological polar surface area (TPSA) is 91.4 Å². The van der Waals surface area contributed by atoms with Gasteiger partial charge in [-0.2, -0.15) is 0 Å². The van der Waals surface area contributed by atoms with Crippen molar-refractivity contribution in [1.29, 1.82) is 0 Å². The summed E-state index contributed by atoms with van der Waals surface area (Å²) in [6, 6.07) is 15.9. The second kappa shape index (κ2) is 11.6. The molecule has 2 heterocycles. The minimum Gasteiger partial charge on any atom is -0.476 e. The van der Waals surface area contributed by atoms with Gasteiger partial charge in [-0.15, -0.1) is 0 Å². The van der Waals surface area contributed by atoms with E-state index in [2.05, 4.69) is 17.4 Å². The van der Waals surface area contributed by atoms with Gasteiger partial charge >= 0.3 is 0 Å². The molecule has 43 heavy (non-hydrogen) atoms. The van der Waals surface area contributed by atoms with Crippen LogP contribution in [0.15, 0.2) is 48.5 Å². The number of ether oxygens (including phenoxy) is 2. The lowest BCUT2D eigenvalue weighted by molar-refractivity contribution is -0.136. The molecular weight excluding hydrogens is 544 g/mol. The van der Waals surface area contributed by atoms with Crippen LogP contribution in [0.1, 0.15) is 57.9 Å². The number of amides is 3. The third-order valence-electron chi connectivity index (χ3n) is 9.55. The van der Waals surface area contributed by atoms with E-state index >= 15 is 0 Å². The van der Waals surface area contributed by atoms with Gasteiger partial charge in [-0.25, -0.2) is 0 Å².